The SMILES string of the molecule is C[Si](C)(C)c1ccc([Si](C)(C)C)c2c1C=C[CH]2[Zr+2]1([CH]2C=Cc3c([Si](C)(C)C)ccc([Si](C)(C)C)c32)[CH2]C[CH2]1.[Cl-].[Cl-]. The van der Waals surface area contributed by atoms with E-state index in [-0.39, 0.29) is 24.8 Å². The Balaban J connectivity index is 0.00000220. The van der Waals surface area contributed by atoms with Crippen LogP contribution < -0.4 is 45.6 Å². The van der Waals surface area contributed by atoms with Crippen molar-refractivity contribution in [3.63, 3.8) is 0 Å². The molecule has 0 N–H and O–H groups in total. The minimum absolute atomic E-state index is 0. The molecule has 2 aromatic carbocycles. The van der Waals surface area contributed by atoms with E-state index in [1.165, 1.54) is 6.42 Å². The summed E-state index contributed by atoms with van der Waals surface area (Å²) in [5.74, 6) is 0. The second-order valence-electron chi connectivity index (χ2n) is 16.7. The van der Waals surface area contributed by atoms with Crippen molar-refractivity contribution in [2.45, 2.75) is 100 Å². The Labute approximate surface area is 267 Å². The van der Waals surface area contributed by atoms with Crippen LogP contribution in [0.1, 0.15) is 35.9 Å². The van der Waals surface area contributed by atoms with Crippen molar-refractivity contribution in [1.29, 1.82) is 0 Å². The van der Waals surface area contributed by atoms with Crippen LogP contribution in [0.2, 0.25) is 86.8 Å². The Hall–Kier alpha value is 0.251. The standard InChI is InChI=1S/2C15H23Si2.C3H6.2ClH.Zr/c2*1-16(2,3)14-10-11-15(17(4,5)6)13-9-7-8-12(13)14;1-3-2;;;/h2*7-11H,1-6H3;1-3H2;2*1H;/q;;;;;+2/p-2. The summed E-state index contributed by atoms with van der Waals surface area (Å²) in [5.41, 5.74) is 7.05. The molecule has 1 fully saturated rings. The summed E-state index contributed by atoms with van der Waals surface area (Å²) in [4.78, 5) is 0. The maximum atomic E-state index is 2.77. The Morgan fingerprint density at radius 2 is 0.800 bits per heavy atom. The smallest absolute Gasteiger partial charge is 1.00 e. The van der Waals surface area contributed by atoms with E-state index in [4.69, 9.17) is 0 Å². The Kier molecular flexibility index (Phi) is 9.82. The van der Waals surface area contributed by atoms with Crippen LogP contribution in [0.5, 0.6) is 0 Å². The Bertz CT molecular complexity index is 1250. The summed E-state index contributed by atoms with van der Waals surface area (Å²) in [6, 6.07) is 10.4. The van der Waals surface area contributed by atoms with Crippen molar-refractivity contribution in [1.82, 2.24) is 0 Å². The number of fused-ring (bicyclic) bond motifs is 2. The van der Waals surface area contributed by atoms with Gasteiger partial charge in [0, 0.05) is 0 Å². The van der Waals surface area contributed by atoms with E-state index < -0.39 is 52.6 Å². The molecule has 1 saturated heterocycles. The van der Waals surface area contributed by atoms with Gasteiger partial charge < -0.3 is 24.8 Å². The largest absolute Gasteiger partial charge is 1.00 e. The fraction of sp³-hybridized carbons (Fsp3) is 0.515. The third-order valence-corrected chi connectivity index (χ3v) is 32.8. The molecule has 0 saturated carbocycles. The van der Waals surface area contributed by atoms with Crippen LogP contribution >= 0.6 is 0 Å². The van der Waals surface area contributed by atoms with E-state index in [1.807, 2.05) is 11.1 Å². The molecule has 0 spiro atoms. The third-order valence-electron chi connectivity index (χ3n) is 9.86. The van der Waals surface area contributed by atoms with Gasteiger partial charge in [-0.05, 0) is 0 Å². The van der Waals surface area contributed by atoms with Crippen molar-refractivity contribution < 1.29 is 45.1 Å². The molecule has 2 atom stereocenters. The summed E-state index contributed by atoms with van der Waals surface area (Å²) in [5, 5.41) is 6.97. The van der Waals surface area contributed by atoms with Crippen molar-refractivity contribution in [3.8, 4) is 0 Å². The Morgan fingerprint density at radius 1 is 0.500 bits per heavy atom. The van der Waals surface area contributed by atoms with Crippen LogP contribution in [0, 0.1) is 0 Å². The number of benzene rings is 2. The van der Waals surface area contributed by atoms with Gasteiger partial charge in [0.25, 0.3) is 0 Å². The average molecular weight is 723 g/mol. The van der Waals surface area contributed by atoms with Gasteiger partial charge in [0.15, 0.2) is 0 Å². The molecule has 2 unspecified atom stereocenters. The molecule has 0 aromatic heterocycles. The quantitative estimate of drug-likeness (QED) is 0.402. The number of rotatable bonds is 6. The molecule has 3 aliphatic rings. The van der Waals surface area contributed by atoms with Gasteiger partial charge in [0.2, 0.25) is 0 Å². The van der Waals surface area contributed by atoms with Crippen LogP contribution in [0.15, 0.2) is 36.4 Å². The molecular formula is C33H52Cl2Si4Zr. The summed E-state index contributed by atoms with van der Waals surface area (Å²) in [6.07, 6.45) is 12.3. The molecule has 40 heavy (non-hydrogen) atoms. The van der Waals surface area contributed by atoms with Gasteiger partial charge >= 0.3 is 245 Å². The molecule has 1 heterocycles. The van der Waals surface area contributed by atoms with Crippen LogP contribution in [-0.4, -0.2) is 32.3 Å². The van der Waals surface area contributed by atoms with Gasteiger partial charge in [-0.25, -0.2) is 0 Å². The molecule has 0 radical (unpaired) electrons. The van der Waals surface area contributed by atoms with E-state index >= 15 is 0 Å². The molecule has 2 aromatic rings. The summed E-state index contributed by atoms with van der Waals surface area (Å²) >= 11 is -2.68. The maximum absolute atomic E-state index is 2.77. The number of halogens is 2. The molecule has 7 heteroatoms. The molecular weight excluding hydrogens is 671 g/mol. The van der Waals surface area contributed by atoms with Crippen molar-refractivity contribution in [2.24, 2.45) is 0 Å². The predicted molar refractivity (Wildman–Crippen MR) is 183 cm³/mol. The zero-order valence-electron chi connectivity index (χ0n) is 27.2. The monoisotopic (exact) mass is 720 g/mol. The van der Waals surface area contributed by atoms with Gasteiger partial charge in [-0.1, -0.05) is 0 Å². The summed E-state index contributed by atoms with van der Waals surface area (Å²) < 4.78 is 4.66. The van der Waals surface area contributed by atoms with Crippen molar-refractivity contribution in [2.75, 3.05) is 0 Å². The number of allylic oxidation sites excluding steroid dienone is 2. The zero-order valence-corrected chi connectivity index (χ0v) is 35.1. The van der Waals surface area contributed by atoms with Crippen LogP contribution in [0.25, 0.3) is 12.2 Å². The fourth-order valence-electron chi connectivity index (χ4n) is 7.85. The first-order valence-corrected chi connectivity index (χ1v) is 35.4. The van der Waals surface area contributed by atoms with E-state index in [9.17, 15) is 0 Å². The summed E-state index contributed by atoms with van der Waals surface area (Å²) in [7, 11) is -5.77. The molecule has 0 amide bonds. The predicted octanol–water partition coefficient (Wildman–Crippen LogP) is 2.11. The average Bonchev–Trinajstić information content (AvgIpc) is 3.35. The second kappa shape index (κ2) is 11.3. The van der Waals surface area contributed by atoms with E-state index in [0.717, 1.165) is 7.25 Å². The van der Waals surface area contributed by atoms with E-state index in [1.54, 1.807) is 40.1 Å². The number of hydrogen-bond donors (Lipinski definition) is 0. The second-order valence-corrected chi connectivity index (χ2v) is 48.5. The molecule has 218 valence electrons. The maximum Gasteiger partial charge on any atom is -1.00 e. The van der Waals surface area contributed by atoms with Gasteiger partial charge in [0.1, 0.15) is 0 Å². The fourth-order valence-corrected chi connectivity index (χ4v) is 28.7. The molecule has 2 aliphatic carbocycles. The molecule has 1 aliphatic heterocycles. The Morgan fingerprint density at radius 3 is 1.05 bits per heavy atom. The number of hydrogen-bond acceptors (Lipinski definition) is 0. The minimum atomic E-state index is -2.68. The first kappa shape index (κ1) is 34.7. The van der Waals surface area contributed by atoms with Crippen LogP contribution in [0.4, 0.5) is 0 Å². The van der Waals surface area contributed by atoms with Crippen LogP contribution in [-0.2, 0) is 20.3 Å². The van der Waals surface area contributed by atoms with Gasteiger partial charge in [-0.15, -0.1) is 0 Å². The first-order valence-electron chi connectivity index (χ1n) is 15.1. The van der Waals surface area contributed by atoms with Gasteiger partial charge in [-0.3, -0.25) is 0 Å². The van der Waals surface area contributed by atoms with E-state index in [0.29, 0.717) is 0 Å². The molecule has 5 rings (SSSR count). The van der Waals surface area contributed by atoms with Crippen molar-refractivity contribution >= 4 is 65.2 Å². The van der Waals surface area contributed by atoms with E-state index in [2.05, 4.69) is 127 Å². The normalized spacial score (nSPS) is 20.5. The van der Waals surface area contributed by atoms with Gasteiger partial charge in [0.05, 0.1) is 0 Å². The third kappa shape index (κ3) is 5.73. The minimum Gasteiger partial charge on any atom is -1.00 e. The molecule has 0 bridgehead atoms. The summed E-state index contributed by atoms with van der Waals surface area (Å²) in [6.45, 7) is 30.8. The zero-order chi connectivity index (χ0) is 28.1. The first-order chi connectivity index (χ1) is 17.4. The van der Waals surface area contributed by atoms with Crippen LogP contribution in [0.3, 0.4) is 0 Å². The van der Waals surface area contributed by atoms with Crippen molar-refractivity contribution in [3.05, 3.63) is 58.7 Å². The van der Waals surface area contributed by atoms with Gasteiger partial charge in [-0.2, -0.15) is 0 Å². The molecule has 0 nitrogen and oxygen atoms in total. The topological polar surface area (TPSA) is 0 Å².